The predicted octanol–water partition coefficient (Wildman–Crippen LogP) is 3.03. The molecular formula is C11H15BrClN3O2. The van der Waals surface area contributed by atoms with Gasteiger partial charge in [-0.1, -0.05) is 0 Å². The topological polar surface area (TPSA) is 64.1 Å². The number of aromatic nitrogens is 2. The van der Waals surface area contributed by atoms with Crippen molar-refractivity contribution in [3.63, 3.8) is 0 Å². The van der Waals surface area contributed by atoms with Gasteiger partial charge in [-0.05, 0) is 55.2 Å². The molecule has 1 N–H and O–H groups in total. The first-order chi connectivity index (χ1) is 8.19. The fourth-order valence-corrected chi connectivity index (χ4v) is 1.54. The molecule has 5 nitrogen and oxygen atoms in total. The number of nitrogens with zero attached hydrogens (tertiary/aromatic N) is 2. The third-order valence-electron chi connectivity index (χ3n) is 1.83. The quantitative estimate of drug-likeness (QED) is 0.679. The van der Waals surface area contributed by atoms with E-state index in [0.29, 0.717) is 10.3 Å². The van der Waals surface area contributed by atoms with Gasteiger partial charge in [0.1, 0.15) is 17.5 Å². The van der Waals surface area contributed by atoms with Crippen LogP contribution in [-0.4, -0.2) is 27.6 Å². The fraction of sp³-hybridized carbons (Fsp3) is 0.545. The van der Waals surface area contributed by atoms with Crippen LogP contribution < -0.4 is 5.32 Å². The molecule has 18 heavy (non-hydrogen) atoms. The number of carbonyl (C=O) groups excluding carboxylic acids is 1. The normalized spacial score (nSPS) is 13.0. The fourth-order valence-electron chi connectivity index (χ4n) is 1.10. The van der Waals surface area contributed by atoms with E-state index in [1.807, 2.05) is 20.8 Å². The molecule has 0 saturated carbocycles. The van der Waals surface area contributed by atoms with Crippen LogP contribution in [-0.2, 0) is 9.53 Å². The van der Waals surface area contributed by atoms with Crippen LogP contribution in [0.25, 0.3) is 0 Å². The minimum Gasteiger partial charge on any atom is -0.458 e. The summed E-state index contributed by atoms with van der Waals surface area (Å²) in [5.74, 6) is 0.0949. The van der Waals surface area contributed by atoms with E-state index in [4.69, 9.17) is 16.3 Å². The molecule has 0 aliphatic rings. The van der Waals surface area contributed by atoms with Crippen molar-refractivity contribution in [3.05, 3.63) is 16.0 Å². The Bertz CT molecular complexity index is 448. The van der Waals surface area contributed by atoms with Crippen LogP contribution in [0.15, 0.2) is 10.7 Å². The molecule has 0 aliphatic carbocycles. The van der Waals surface area contributed by atoms with Crippen molar-refractivity contribution in [2.45, 2.75) is 39.3 Å². The molecule has 1 aromatic heterocycles. The third kappa shape index (κ3) is 4.78. The highest BCUT2D eigenvalue weighted by Crippen LogP contribution is 2.21. The second-order valence-corrected chi connectivity index (χ2v) is 5.93. The molecule has 0 bridgehead atoms. The molecule has 1 unspecified atom stereocenters. The van der Waals surface area contributed by atoms with Crippen molar-refractivity contribution in [2.75, 3.05) is 5.32 Å². The molecule has 7 heteroatoms. The van der Waals surface area contributed by atoms with Crippen LogP contribution in [0.2, 0.25) is 5.28 Å². The molecule has 0 saturated heterocycles. The lowest BCUT2D eigenvalue weighted by molar-refractivity contribution is -0.155. The van der Waals surface area contributed by atoms with Crippen LogP contribution in [0.3, 0.4) is 0 Å². The number of ether oxygens (including phenoxy) is 1. The Hall–Kier alpha value is -0.880. The first-order valence-electron chi connectivity index (χ1n) is 5.36. The van der Waals surface area contributed by atoms with Gasteiger partial charge in [0.05, 0.1) is 4.47 Å². The van der Waals surface area contributed by atoms with Crippen molar-refractivity contribution in [2.24, 2.45) is 0 Å². The molecule has 1 atom stereocenters. The summed E-state index contributed by atoms with van der Waals surface area (Å²) >= 11 is 8.96. The van der Waals surface area contributed by atoms with Crippen molar-refractivity contribution < 1.29 is 9.53 Å². The Kier molecular flexibility index (Phi) is 4.92. The van der Waals surface area contributed by atoms with Crippen molar-refractivity contribution in [3.8, 4) is 0 Å². The van der Waals surface area contributed by atoms with E-state index in [1.54, 1.807) is 6.92 Å². The molecule has 1 aromatic rings. The molecule has 0 aromatic carbocycles. The number of halogens is 2. The van der Waals surface area contributed by atoms with Gasteiger partial charge in [0, 0.05) is 6.20 Å². The number of rotatable bonds is 3. The van der Waals surface area contributed by atoms with Crippen molar-refractivity contribution in [1.29, 1.82) is 0 Å². The zero-order valence-electron chi connectivity index (χ0n) is 10.6. The largest absolute Gasteiger partial charge is 0.458 e. The van der Waals surface area contributed by atoms with Gasteiger partial charge in [0.25, 0.3) is 0 Å². The lowest BCUT2D eigenvalue weighted by atomic mass is 10.2. The summed E-state index contributed by atoms with van der Waals surface area (Å²) in [5, 5.41) is 3.02. The number of hydrogen-bond donors (Lipinski definition) is 1. The summed E-state index contributed by atoms with van der Waals surface area (Å²) < 4.78 is 5.88. The average molecular weight is 337 g/mol. The molecule has 0 radical (unpaired) electrons. The van der Waals surface area contributed by atoms with E-state index in [1.165, 1.54) is 6.20 Å². The SMILES string of the molecule is CC(Nc1nc(Cl)ncc1Br)C(=O)OC(C)(C)C. The second-order valence-electron chi connectivity index (χ2n) is 4.74. The molecular weight excluding hydrogens is 321 g/mol. The lowest BCUT2D eigenvalue weighted by Gasteiger charge is -2.23. The van der Waals surface area contributed by atoms with Gasteiger partial charge in [-0.3, -0.25) is 0 Å². The van der Waals surface area contributed by atoms with Crippen LogP contribution in [0, 0.1) is 0 Å². The van der Waals surface area contributed by atoms with E-state index in [0.717, 1.165) is 0 Å². The Morgan fingerprint density at radius 3 is 2.72 bits per heavy atom. The van der Waals surface area contributed by atoms with Gasteiger partial charge < -0.3 is 10.1 Å². The van der Waals surface area contributed by atoms with Gasteiger partial charge in [-0.2, -0.15) is 4.98 Å². The molecule has 1 rings (SSSR count). The third-order valence-corrected chi connectivity index (χ3v) is 2.59. The van der Waals surface area contributed by atoms with E-state index in [-0.39, 0.29) is 11.3 Å². The minimum absolute atomic E-state index is 0.108. The highest BCUT2D eigenvalue weighted by molar-refractivity contribution is 9.10. The van der Waals surface area contributed by atoms with Crippen molar-refractivity contribution in [1.82, 2.24) is 9.97 Å². The number of hydrogen-bond acceptors (Lipinski definition) is 5. The zero-order chi connectivity index (χ0) is 13.9. The predicted molar refractivity (Wildman–Crippen MR) is 73.7 cm³/mol. The van der Waals surface area contributed by atoms with Gasteiger partial charge in [0.2, 0.25) is 5.28 Å². The van der Waals surface area contributed by atoms with Crippen LogP contribution in [0.4, 0.5) is 5.82 Å². The lowest BCUT2D eigenvalue weighted by Crippen LogP contribution is -2.34. The Balaban J connectivity index is 2.72. The summed E-state index contributed by atoms with van der Waals surface area (Å²) in [6, 6.07) is -0.536. The monoisotopic (exact) mass is 335 g/mol. The smallest absolute Gasteiger partial charge is 0.328 e. The van der Waals surface area contributed by atoms with Crippen LogP contribution in [0.1, 0.15) is 27.7 Å². The van der Waals surface area contributed by atoms with E-state index in [2.05, 4.69) is 31.2 Å². The Morgan fingerprint density at radius 1 is 1.56 bits per heavy atom. The van der Waals surface area contributed by atoms with E-state index >= 15 is 0 Å². The molecule has 0 fully saturated rings. The summed E-state index contributed by atoms with van der Waals surface area (Å²) in [6.07, 6.45) is 1.51. The minimum atomic E-state index is -0.536. The summed E-state index contributed by atoms with van der Waals surface area (Å²) in [4.78, 5) is 19.6. The zero-order valence-corrected chi connectivity index (χ0v) is 13.0. The highest BCUT2D eigenvalue weighted by atomic mass is 79.9. The summed E-state index contributed by atoms with van der Waals surface area (Å²) in [7, 11) is 0. The molecule has 1 heterocycles. The first-order valence-corrected chi connectivity index (χ1v) is 6.53. The van der Waals surface area contributed by atoms with E-state index in [9.17, 15) is 4.79 Å². The number of anilines is 1. The number of carbonyl (C=O) groups is 1. The average Bonchev–Trinajstić information content (AvgIpc) is 2.21. The second kappa shape index (κ2) is 5.84. The summed E-state index contributed by atoms with van der Waals surface area (Å²) in [5.41, 5.74) is -0.520. The maximum absolute atomic E-state index is 11.8. The Labute approximate surface area is 119 Å². The van der Waals surface area contributed by atoms with Gasteiger partial charge in [-0.25, -0.2) is 9.78 Å². The number of nitrogens with one attached hydrogen (secondary N) is 1. The van der Waals surface area contributed by atoms with Gasteiger partial charge in [-0.15, -0.1) is 0 Å². The molecule has 0 amide bonds. The maximum atomic E-state index is 11.8. The molecule has 0 aliphatic heterocycles. The first kappa shape index (κ1) is 15.2. The van der Waals surface area contributed by atoms with E-state index < -0.39 is 11.6 Å². The highest BCUT2D eigenvalue weighted by Gasteiger charge is 2.22. The molecule has 100 valence electrons. The van der Waals surface area contributed by atoms with Crippen LogP contribution in [0.5, 0.6) is 0 Å². The maximum Gasteiger partial charge on any atom is 0.328 e. The molecule has 0 spiro atoms. The van der Waals surface area contributed by atoms with Gasteiger partial charge >= 0.3 is 5.97 Å². The van der Waals surface area contributed by atoms with Crippen LogP contribution >= 0.6 is 27.5 Å². The standard InChI is InChI=1S/C11H15BrClN3O2/c1-6(9(17)18-11(2,3)4)15-8-7(12)5-14-10(13)16-8/h5-6H,1-4H3,(H,14,15,16). The Morgan fingerprint density at radius 2 is 2.17 bits per heavy atom. The number of esters is 1. The summed E-state index contributed by atoms with van der Waals surface area (Å²) in [6.45, 7) is 7.13. The van der Waals surface area contributed by atoms with Crippen molar-refractivity contribution >= 4 is 39.3 Å². The van der Waals surface area contributed by atoms with Gasteiger partial charge in [0.15, 0.2) is 0 Å².